The first-order valence-corrected chi connectivity index (χ1v) is 10.3. The molecule has 5 atom stereocenters. The first kappa shape index (κ1) is 16.3. The van der Waals surface area contributed by atoms with E-state index in [0.717, 1.165) is 58.2 Å². The SMILES string of the molecule is C=C1C[C@]2(CC)C(=O)CC[C@H]2[C@@H]2CCC3=CC4(CC[C@@H]3[C@@H]12)OCCO4. The van der Waals surface area contributed by atoms with Crippen LogP contribution in [0.2, 0.25) is 0 Å². The predicted molar refractivity (Wildman–Crippen MR) is 95.9 cm³/mol. The lowest BCUT2D eigenvalue weighted by atomic mass is 9.50. The Labute approximate surface area is 150 Å². The van der Waals surface area contributed by atoms with Gasteiger partial charge in [-0.1, -0.05) is 24.6 Å². The van der Waals surface area contributed by atoms with Crippen molar-refractivity contribution in [1.29, 1.82) is 0 Å². The summed E-state index contributed by atoms with van der Waals surface area (Å²) in [6, 6.07) is 0. The van der Waals surface area contributed by atoms with Crippen LogP contribution in [0.15, 0.2) is 23.8 Å². The molecule has 1 heterocycles. The lowest BCUT2D eigenvalue weighted by Gasteiger charge is -2.54. The van der Waals surface area contributed by atoms with Gasteiger partial charge in [0.2, 0.25) is 0 Å². The largest absolute Gasteiger partial charge is 0.344 e. The van der Waals surface area contributed by atoms with Gasteiger partial charge in [-0.25, -0.2) is 0 Å². The van der Waals surface area contributed by atoms with E-state index >= 15 is 0 Å². The number of hydrogen-bond donors (Lipinski definition) is 0. The fourth-order valence-electron chi connectivity index (χ4n) is 7.20. The monoisotopic (exact) mass is 342 g/mol. The lowest BCUT2D eigenvalue weighted by molar-refractivity contribution is -0.135. The summed E-state index contributed by atoms with van der Waals surface area (Å²) >= 11 is 0. The second-order valence-corrected chi connectivity index (χ2v) is 9.01. The molecule has 0 amide bonds. The Bertz CT molecular complexity index is 642. The summed E-state index contributed by atoms with van der Waals surface area (Å²) in [5, 5.41) is 0. The van der Waals surface area contributed by atoms with Crippen molar-refractivity contribution in [3.63, 3.8) is 0 Å². The van der Waals surface area contributed by atoms with Gasteiger partial charge in [-0.15, -0.1) is 0 Å². The number of rotatable bonds is 1. The molecule has 5 rings (SSSR count). The summed E-state index contributed by atoms with van der Waals surface area (Å²) in [7, 11) is 0. The number of carbonyl (C=O) groups excluding carboxylic acids is 1. The molecule has 0 aromatic heterocycles. The molecule has 1 aliphatic heterocycles. The number of allylic oxidation sites excluding steroid dienone is 2. The van der Waals surface area contributed by atoms with Crippen molar-refractivity contribution in [2.24, 2.45) is 29.1 Å². The van der Waals surface area contributed by atoms with Crippen LogP contribution in [0, 0.1) is 29.1 Å². The van der Waals surface area contributed by atoms with Crippen molar-refractivity contribution >= 4 is 5.78 Å². The van der Waals surface area contributed by atoms with Crippen LogP contribution >= 0.6 is 0 Å². The zero-order valence-electron chi connectivity index (χ0n) is 15.4. The van der Waals surface area contributed by atoms with Gasteiger partial charge >= 0.3 is 0 Å². The van der Waals surface area contributed by atoms with Crippen LogP contribution in [0.5, 0.6) is 0 Å². The van der Waals surface area contributed by atoms with Crippen molar-refractivity contribution in [2.45, 2.75) is 64.1 Å². The quantitative estimate of drug-likeness (QED) is 0.661. The predicted octanol–water partition coefficient (Wildman–Crippen LogP) is 4.43. The van der Waals surface area contributed by atoms with E-state index in [1.54, 1.807) is 5.57 Å². The first-order valence-electron chi connectivity index (χ1n) is 10.3. The van der Waals surface area contributed by atoms with Crippen LogP contribution in [-0.2, 0) is 14.3 Å². The molecule has 0 unspecified atom stereocenters. The van der Waals surface area contributed by atoms with E-state index < -0.39 is 5.79 Å². The minimum Gasteiger partial charge on any atom is -0.344 e. The van der Waals surface area contributed by atoms with Crippen LogP contribution in [0.1, 0.15) is 58.3 Å². The highest BCUT2D eigenvalue weighted by molar-refractivity contribution is 5.88. The Kier molecular flexibility index (Phi) is 3.60. The number of hydrogen-bond acceptors (Lipinski definition) is 3. The van der Waals surface area contributed by atoms with Gasteiger partial charge in [-0.3, -0.25) is 4.79 Å². The highest BCUT2D eigenvalue weighted by atomic mass is 16.7. The zero-order chi connectivity index (χ0) is 17.2. The minimum absolute atomic E-state index is 0.0764. The zero-order valence-corrected chi connectivity index (χ0v) is 15.4. The number of fused-ring (bicyclic) bond motifs is 5. The van der Waals surface area contributed by atoms with Crippen molar-refractivity contribution in [1.82, 2.24) is 0 Å². The molecule has 3 saturated carbocycles. The average molecular weight is 342 g/mol. The molecule has 4 aliphatic carbocycles. The van der Waals surface area contributed by atoms with Crippen molar-refractivity contribution < 1.29 is 14.3 Å². The molecule has 0 aromatic carbocycles. The van der Waals surface area contributed by atoms with Crippen molar-refractivity contribution in [3.8, 4) is 0 Å². The highest BCUT2D eigenvalue weighted by Gasteiger charge is 2.59. The summed E-state index contributed by atoms with van der Waals surface area (Å²) in [4.78, 5) is 12.7. The van der Waals surface area contributed by atoms with Crippen LogP contribution < -0.4 is 0 Å². The van der Waals surface area contributed by atoms with E-state index in [1.165, 1.54) is 12.0 Å². The smallest absolute Gasteiger partial charge is 0.188 e. The highest BCUT2D eigenvalue weighted by Crippen LogP contribution is 2.63. The molecule has 1 saturated heterocycles. The number of Topliss-reactive ketones (excluding diaryl/α,β-unsaturated/α-hetero) is 1. The van der Waals surface area contributed by atoms with E-state index in [4.69, 9.17) is 9.47 Å². The van der Waals surface area contributed by atoms with E-state index in [9.17, 15) is 4.79 Å². The summed E-state index contributed by atoms with van der Waals surface area (Å²) in [5.41, 5.74) is 2.83. The van der Waals surface area contributed by atoms with E-state index in [1.807, 2.05) is 0 Å². The number of ether oxygens (including phenoxy) is 2. The van der Waals surface area contributed by atoms with Gasteiger partial charge in [0.1, 0.15) is 5.78 Å². The molecule has 0 bridgehead atoms. The molecular formula is C22H30O3. The van der Waals surface area contributed by atoms with Crippen LogP contribution in [0.4, 0.5) is 0 Å². The maximum absolute atomic E-state index is 12.7. The molecule has 25 heavy (non-hydrogen) atoms. The molecule has 0 aromatic rings. The van der Waals surface area contributed by atoms with Crippen LogP contribution in [-0.4, -0.2) is 24.8 Å². The molecule has 4 fully saturated rings. The maximum atomic E-state index is 12.7. The molecule has 136 valence electrons. The molecule has 3 nitrogen and oxygen atoms in total. The van der Waals surface area contributed by atoms with Gasteiger partial charge in [0.05, 0.1) is 13.2 Å². The van der Waals surface area contributed by atoms with Gasteiger partial charge < -0.3 is 9.47 Å². The normalized spacial score (nSPS) is 45.1. The summed E-state index contributed by atoms with van der Waals surface area (Å²) in [6.45, 7) is 8.18. The lowest BCUT2D eigenvalue weighted by Crippen LogP contribution is -2.49. The second kappa shape index (κ2) is 5.53. The number of carbonyl (C=O) groups is 1. The minimum atomic E-state index is -0.425. The molecule has 5 aliphatic rings. The Balaban J connectivity index is 1.48. The fraction of sp³-hybridized carbons (Fsp3) is 0.773. The topological polar surface area (TPSA) is 35.5 Å². The van der Waals surface area contributed by atoms with Crippen LogP contribution in [0.25, 0.3) is 0 Å². The summed E-state index contributed by atoms with van der Waals surface area (Å²) < 4.78 is 11.9. The van der Waals surface area contributed by atoms with Gasteiger partial charge in [-0.2, -0.15) is 0 Å². The summed E-state index contributed by atoms with van der Waals surface area (Å²) in [5.74, 6) is 2.54. The Hall–Kier alpha value is -0.930. The van der Waals surface area contributed by atoms with Gasteiger partial charge in [0.25, 0.3) is 0 Å². The van der Waals surface area contributed by atoms with E-state index in [-0.39, 0.29) is 5.41 Å². The molecule has 1 spiro atoms. The van der Waals surface area contributed by atoms with E-state index in [0.29, 0.717) is 29.5 Å². The van der Waals surface area contributed by atoms with Crippen molar-refractivity contribution in [3.05, 3.63) is 23.8 Å². The van der Waals surface area contributed by atoms with Gasteiger partial charge in [0.15, 0.2) is 5.79 Å². The molecule has 0 N–H and O–H groups in total. The molecule has 3 heteroatoms. The average Bonchev–Trinajstić information content (AvgIpc) is 3.20. The molecular weight excluding hydrogens is 312 g/mol. The van der Waals surface area contributed by atoms with Crippen molar-refractivity contribution in [2.75, 3.05) is 13.2 Å². The Morgan fingerprint density at radius 1 is 1.20 bits per heavy atom. The Morgan fingerprint density at radius 2 is 2.00 bits per heavy atom. The third-order valence-corrected chi connectivity index (χ3v) is 8.23. The Morgan fingerprint density at radius 3 is 2.76 bits per heavy atom. The third kappa shape index (κ3) is 2.15. The maximum Gasteiger partial charge on any atom is 0.188 e. The fourth-order valence-corrected chi connectivity index (χ4v) is 7.20. The standard InChI is InChI=1S/C22H30O3/c1-3-21-12-14(2)20-16-8-9-22(24-10-11-25-22)13-15(16)4-5-17(20)18(21)6-7-19(21)23/h13,16-18,20H,2-12H2,1H3/t16-,17-,18-,20+,21-/m0/s1. The van der Waals surface area contributed by atoms with Crippen LogP contribution in [0.3, 0.4) is 0 Å². The van der Waals surface area contributed by atoms with Gasteiger partial charge in [0, 0.05) is 18.3 Å². The summed E-state index contributed by atoms with van der Waals surface area (Å²) in [6.07, 6.45) is 10.6. The van der Waals surface area contributed by atoms with E-state index in [2.05, 4.69) is 19.6 Å². The van der Waals surface area contributed by atoms with Gasteiger partial charge in [-0.05, 0) is 68.3 Å². The first-order chi connectivity index (χ1) is 12.1. The molecule has 0 radical (unpaired) electrons. The third-order valence-electron chi connectivity index (χ3n) is 8.23. The number of ketones is 1. The second-order valence-electron chi connectivity index (χ2n) is 9.01.